The molecule has 0 aromatic carbocycles. The average molecular weight is 668 g/mol. The van der Waals surface area contributed by atoms with E-state index in [0.717, 1.165) is 43.3 Å². The number of rotatable bonds is 9. The highest BCUT2D eigenvalue weighted by atomic mass is 16.7. The van der Waals surface area contributed by atoms with Crippen molar-refractivity contribution >= 4 is 17.5 Å². The molecule has 0 spiro atoms. The lowest BCUT2D eigenvalue weighted by molar-refractivity contribution is -0.241. The minimum atomic E-state index is -1.32. The molecule has 4 unspecified atom stereocenters. The van der Waals surface area contributed by atoms with Crippen LogP contribution >= 0.6 is 0 Å². The van der Waals surface area contributed by atoms with Gasteiger partial charge in [-0.05, 0) is 93.1 Å². The summed E-state index contributed by atoms with van der Waals surface area (Å²) < 4.78 is 28.9. The average Bonchev–Trinajstić information content (AvgIpc) is 3.58. The predicted molar refractivity (Wildman–Crippen MR) is 185 cm³/mol. The monoisotopic (exact) mass is 667 g/mol. The standard InChI is InChI=1S/C41H62O7/c1-11-39-27(10)36(44)35-30(17-16-28-18-32(42)25(8)26(9)40(28,35)22(4)5)31(39)19-34-41(39,33(43)20-46-37(45)24(7)21(2)3)48-38(47-34)29-15-13-12-14-23(29)6/h18,21-24,27,29-31,34-36,38,44H,11-17,19-20H2,1-10H3/t23?,24?,27?,29?,30-,31-,34+,35+,36-,38+,39-,40-,41+/m0/s1/i44D. The van der Waals surface area contributed by atoms with Crippen LogP contribution in [-0.2, 0) is 28.6 Å². The van der Waals surface area contributed by atoms with Crippen molar-refractivity contribution in [2.24, 2.45) is 64.1 Å². The van der Waals surface area contributed by atoms with E-state index in [2.05, 4.69) is 41.5 Å². The van der Waals surface area contributed by atoms with Gasteiger partial charge in [0.2, 0.25) is 7.21 Å². The molecule has 0 aromatic rings. The van der Waals surface area contributed by atoms with Crippen LogP contribution in [-0.4, -0.2) is 54.8 Å². The van der Waals surface area contributed by atoms with Gasteiger partial charge in [0.25, 0.3) is 0 Å². The fourth-order valence-corrected chi connectivity index (χ4v) is 12.5. The summed E-state index contributed by atoms with van der Waals surface area (Å²) in [5, 5.41) is 5.95. The largest absolute Gasteiger partial charge is 0.457 e. The van der Waals surface area contributed by atoms with Crippen molar-refractivity contribution in [2.45, 2.75) is 145 Å². The summed E-state index contributed by atoms with van der Waals surface area (Å²) in [5.74, 6) is -0.0407. The lowest BCUT2D eigenvalue weighted by Crippen LogP contribution is -2.69. The summed E-state index contributed by atoms with van der Waals surface area (Å²) in [5.41, 5.74) is 0.642. The highest BCUT2D eigenvalue weighted by molar-refractivity contribution is 6.06. The molecule has 48 heavy (non-hydrogen) atoms. The fraction of sp³-hybridized carbons (Fsp3) is 0.829. The second kappa shape index (κ2) is 12.7. The Kier molecular flexibility index (Phi) is 9.19. The second-order valence-electron chi connectivity index (χ2n) is 17.4. The Balaban J connectivity index is 1.48. The molecule has 1 aliphatic heterocycles. The van der Waals surface area contributed by atoms with Gasteiger partial charge in [0.05, 0.1) is 18.1 Å². The number of ether oxygens (including phenoxy) is 3. The second-order valence-corrected chi connectivity index (χ2v) is 17.4. The molecule has 6 rings (SSSR count). The van der Waals surface area contributed by atoms with Crippen LogP contribution in [0.25, 0.3) is 0 Å². The third-order valence-electron chi connectivity index (χ3n) is 15.3. The van der Waals surface area contributed by atoms with Crippen LogP contribution < -0.4 is 0 Å². The highest BCUT2D eigenvalue weighted by Crippen LogP contribution is 2.74. The summed E-state index contributed by atoms with van der Waals surface area (Å²) in [7, 11) is 0. The van der Waals surface area contributed by atoms with Crippen molar-refractivity contribution in [3.05, 3.63) is 22.8 Å². The zero-order valence-electron chi connectivity index (χ0n) is 32.2. The number of hydrogen-bond acceptors (Lipinski definition) is 7. The van der Waals surface area contributed by atoms with Crippen molar-refractivity contribution in [1.29, 1.82) is 1.43 Å². The van der Waals surface area contributed by atoms with Crippen LogP contribution in [0.4, 0.5) is 0 Å². The first-order valence-corrected chi connectivity index (χ1v) is 19.2. The highest BCUT2D eigenvalue weighted by Gasteiger charge is 2.80. The van der Waals surface area contributed by atoms with E-state index in [4.69, 9.17) is 20.8 Å². The molecule has 13 atom stereocenters. The number of fused-ring (bicyclic) bond motifs is 7. The summed E-state index contributed by atoms with van der Waals surface area (Å²) >= 11 is 0. The number of aliphatic hydroxyl groups excluding tert-OH is 1. The van der Waals surface area contributed by atoms with Crippen molar-refractivity contribution < 1.29 is 33.7 Å². The molecule has 0 amide bonds. The molecule has 5 aliphatic carbocycles. The number of aliphatic hydroxyl groups is 1. The Hall–Kier alpha value is -1.83. The van der Waals surface area contributed by atoms with Crippen molar-refractivity contribution in [1.82, 2.24) is 0 Å². The molecule has 5 fully saturated rings. The summed E-state index contributed by atoms with van der Waals surface area (Å²) in [6.07, 6.45) is 7.80. The first kappa shape index (κ1) is 34.6. The molecule has 0 aromatic heterocycles. The van der Waals surface area contributed by atoms with E-state index < -0.39 is 34.9 Å². The Morgan fingerprint density at radius 1 is 1.08 bits per heavy atom. The van der Waals surface area contributed by atoms with Crippen LogP contribution in [0.5, 0.6) is 0 Å². The van der Waals surface area contributed by atoms with Gasteiger partial charge in [0, 0.05) is 22.7 Å². The maximum Gasteiger partial charge on any atom is 0.309 e. The van der Waals surface area contributed by atoms with Crippen LogP contribution in [0, 0.1) is 64.1 Å². The van der Waals surface area contributed by atoms with Crippen molar-refractivity contribution in [2.75, 3.05) is 6.61 Å². The minimum absolute atomic E-state index is 0.0439. The van der Waals surface area contributed by atoms with Gasteiger partial charge in [-0.15, -0.1) is 0 Å². The molecule has 1 heterocycles. The molecule has 7 nitrogen and oxygen atoms in total. The smallest absolute Gasteiger partial charge is 0.309 e. The summed E-state index contributed by atoms with van der Waals surface area (Å²) in [6.45, 7) is 20.6. The van der Waals surface area contributed by atoms with E-state index in [1.54, 1.807) is 0 Å². The zero-order valence-corrected chi connectivity index (χ0v) is 31.2. The minimum Gasteiger partial charge on any atom is -0.457 e. The number of hydrogen-bond donors (Lipinski definition) is 1. The normalized spacial score (nSPS) is 44.8. The van der Waals surface area contributed by atoms with Gasteiger partial charge in [-0.3, -0.25) is 14.4 Å². The molecule has 268 valence electrons. The molecule has 0 radical (unpaired) electrons. The lowest BCUT2D eigenvalue weighted by Gasteiger charge is -2.66. The first-order valence-electron chi connectivity index (χ1n) is 19.7. The van der Waals surface area contributed by atoms with Crippen molar-refractivity contribution in [3.8, 4) is 0 Å². The molecule has 6 aliphatic rings. The van der Waals surface area contributed by atoms with E-state index in [1.807, 2.05) is 33.8 Å². The molecule has 0 bridgehead atoms. The molecular weight excluding hydrogens is 604 g/mol. The number of Topliss-reactive ketones (excluding diaryl/α,β-unsaturated/α-hetero) is 1. The first-order chi connectivity index (χ1) is 23.2. The lowest BCUT2D eigenvalue weighted by atomic mass is 9.39. The molecule has 7 heteroatoms. The van der Waals surface area contributed by atoms with E-state index in [0.29, 0.717) is 18.8 Å². The Labute approximate surface area is 290 Å². The van der Waals surface area contributed by atoms with Crippen LogP contribution in [0.2, 0.25) is 0 Å². The number of carbonyl (C=O) groups is 3. The fourth-order valence-electron chi connectivity index (χ4n) is 12.5. The van der Waals surface area contributed by atoms with Gasteiger partial charge in [-0.25, -0.2) is 0 Å². The molecular formula is C41H62O7. The van der Waals surface area contributed by atoms with Crippen LogP contribution in [0.15, 0.2) is 22.8 Å². The molecule has 1 saturated heterocycles. The quantitative estimate of drug-likeness (QED) is 0.252. The predicted octanol–water partition coefficient (Wildman–Crippen LogP) is 7.64. The van der Waals surface area contributed by atoms with E-state index >= 15 is 4.79 Å². The maximum absolute atomic E-state index is 15.1. The summed E-state index contributed by atoms with van der Waals surface area (Å²) in [4.78, 5) is 41.4. The SMILES string of the molecule is [2H]O[C@H]1C(C)[C@@]2(CC)[C@@H](C[C@H]3O[C@@H](C4CCCCC4C)O[C@]32C(=O)COC(=O)C(C)C(C)C)[C@@H]2CCC3=CC(=O)C(C)=C(C)[C@]3(C(C)C)[C@H]21. The van der Waals surface area contributed by atoms with Gasteiger partial charge in [-0.1, -0.05) is 85.8 Å². The van der Waals surface area contributed by atoms with Gasteiger partial charge < -0.3 is 19.3 Å². The van der Waals surface area contributed by atoms with Gasteiger partial charge in [0.15, 0.2) is 24.3 Å². The summed E-state index contributed by atoms with van der Waals surface area (Å²) in [6, 6.07) is 0. The zero-order chi connectivity index (χ0) is 35.8. The van der Waals surface area contributed by atoms with Gasteiger partial charge >= 0.3 is 5.97 Å². The van der Waals surface area contributed by atoms with Crippen LogP contribution in [0.3, 0.4) is 0 Å². The Morgan fingerprint density at radius 3 is 2.42 bits per heavy atom. The number of ketones is 2. The van der Waals surface area contributed by atoms with E-state index in [9.17, 15) is 9.59 Å². The third-order valence-corrected chi connectivity index (χ3v) is 15.3. The van der Waals surface area contributed by atoms with Crippen molar-refractivity contribution in [3.63, 3.8) is 0 Å². The maximum atomic E-state index is 15.1. The van der Waals surface area contributed by atoms with Gasteiger partial charge in [-0.2, -0.15) is 0 Å². The third kappa shape index (κ3) is 4.71. The topological polar surface area (TPSA) is 99.1 Å². The molecule has 1 N–H and O–H groups in total. The number of allylic oxidation sites excluding steroid dienone is 4. The molecule has 4 saturated carbocycles. The van der Waals surface area contributed by atoms with Crippen LogP contribution in [0.1, 0.15) is 121 Å². The van der Waals surface area contributed by atoms with E-state index in [-0.39, 0.29) is 71.5 Å². The van der Waals surface area contributed by atoms with Gasteiger partial charge in [0.1, 0.15) is 0 Å². The van der Waals surface area contributed by atoms with E-state index in [1.165, 1.54) is 12.0 Å². The number of carbonyl (C=O) groups excluding carboxylic acids is 3. The Bertz CT molecular complexity index is 1400. The Morgan fingerprint density at radius 2 is 1.79 bits per heavy atom. The number of esters is 1.